The highest BCUT2D eigenvalue weighted by molar-refractivity contribution is 7.86. The summed E-state index contributed by atoms with van der Waals surface area (Å²) in [4.78, 5) is 10.7. The molecule has 2 aliphatic rings. The Balaban J connectivity index is 1.51. The molecule has 2 unspecified atom stereocenters. The Morgan fingerprint density at radius 3 is 1.75 bits per heavy atom. The molecule has 20 nitrogen and oxygen atoms in total. The number of anilines is 1. The zero-order chi connectivity index (χ0) is 54.7. The third kappa shape index (κ3) is 13.9. The molecule has 3 aromatic rings. The number of allylic oxidation sites excluding steroid dienone is 6. The molecule has 0 aromatic heterocycles. The summed E-state index contributed by atoms with van der Waals surface area (Å²) in [6, 6.07) is 7.22. The van der Waals surface area contributed by atoms with Gasteiger partial charge in [0.05, 0.1) is 42.0 Å². The van der Waals surface area contributed by atoms with Crippen molar-refractivity contribution < 1.29 is 101 Å². The minimum atomic E-state index is -6.03. The van der Waals surface area contributed by atoms with Gasteiger partial charge < -0.3 is 37.1 Å². The van der Waals surface area contributed by atoms with Crippen LogP contribution in [0.25, 0.3) is 0 Å². The van der Waals surface area contributed by atoms with Crippen molar-refractivity contribution in [3.05, 3.63) is 107 Å². The fraction of sp³-hybridized carbons (Fsp3) is 0.409. The molecule has 0 aliphatic carbocycles. The Hall–Kier alpha value is -4.95. The predicted octanol–water partition coefficient (Wildman–Crippen LogP) is 4.55. The molecule has 3 aromatic carbocycles. The average Bonchev–Trinajstić information content (AvgIpc) is 3.63. The van der Waals surface area contributed by atoms with E-state index < -0.39 is 129 Å². The van der Waals surface area contributed by atoms with Crippen molar-refractivity contribution >= 4 is 73.6 Å². The normalized spacial score (nSPS) is 19.2. The van der Waals surface area contributed by atoms with Crippen LogP contribution in [-0.4, -0.2) is 119 Å². The van der Waals surface area contributed by atoms with E-state index in [0.717, 1.165) is 18.2 Å². The SMILES string of the molecule is COCCN1/C(=C/C=C/C=C/C2=[N+](CCCCCC(=O)Oc3c(F)c(F)c(S(=O)(=O)[O-])c(F)c3F)c3ccc(S(=O)(=O)[O-])cc3C2(C)CCCS(=O)(=O)[O-])C(C)(CCCS(=O)(=O)[O-])c2cc(S(=O)(=O)[O-])ccc21. The second-order valence-electron chi connectivity index (χ2n) is 17.3. The number of esters is 1. The van der Waals surface area contributed by atoms with Crippen LogP contribution in [0.5, 0.6) is 5.75 Å². The number of nitrogens with zero attached hydrogens (tertiary/aromatic N) is 2. The van der Waals surface area contributed by atoms with Crippen LogP contribution < -0.4 is 9.64 Å². The van der Waals surface area contributed by atoms with Gasteiger partial charge in [-0.15, -0.1) is 0 Å². The maximum atomic E-state index is 14.5. The molecular formula is C44H46F4N2O18S5-4. The lowest BCUT2D eigenvalue weighted by Gasteiger charge is -2.30. The first-order valence-electron chi connectivity index (χ1n) is 21.7. The first-order chi connectivity index (χ1) is 33.7. The molecule has 0 radical (unpaired) electrons. The van der Waals surface area contributed by atoms with Crippen LogP contribution in [-0.2, 0) is 71.0 Å². The zero-order valence-electron chi connectivity index (χ0n) is 38.8. The third-order valence-electron chi connectivity index (χ3n) is 12.3. The number of methoxy groups -OCH3 is 1. The molecular weight excluding hydrogens is 1080 g/mol. The van der Waals surface area contributed by atoms with Gasteiger partial charge in [-0.05, 0) is 94.3 Å². The number of ether oxygens (including phenoxy) is 2. The number of carbonyl (C=O) groups is 1. The lowest BCUT2D eigenvalue weighted by Crippen LogP contribution is -2.32. The van der Waals surface area contributed by atoms with Gasteiger partial charge in [0, 0.05) is 72.5 Å². The Labute approximate surface area is 419 Å². The van der Waals surface area contributed by atoms with E-state index in [9.17, 15) is 87.2 Å². The summed E-state index contributed by atoms with van der Waals surface area (Å²) in [7, 11) is -24.0. The topological polar surface area (TPSA) is 328 Å². The monoisotopic (exact) mass is 1130 g/mol. The van der Waals surface area contributed by atoms with E-state index in [-0.39, 0.29) is 70.2 Å². The minimum Gasteiger partial charge on any atom is -0.748 e. The van der Waals surface area contributed by atoms with Gasteiger partial charge in [0.25, 0.3) is 0 Å². The summed E-state index contributed by atoms with van der Waals surface area (Å²) in [5, 5.41) is 0. The van der Waals surface area contributed by atoms with E-state index >= 15 is 0 Å². The molecule has 2 atom stereocenters. The molecule has 2 heterocycles. The van der Waals surface area contributed by atoms with Crippen molar-refractivity contribution in [3.63, 3.8) is 0 Å². The van der Waals surface area contributed by atoms with Gasteiger partial charge in [-0.25, -0.2) is 50.9 Å². The van der Waals surface area contributed by atoms with Crippen LogP contribution in [0.15, 0.2) is 87.2 Å². The smallest absolute Gasteiger partial charge is 0.311 e. The summed E-state index contributed by atoms with van der Waals surface area (Å²) in [5.41, 5.74) is -0.227. The van der Waals surface area contributed by atoms with Gasteiger partial charge in [0.15, 0.2) is 17.3 Å². The van der Waals surface area contributed by atoms with E-state index in [2.05, 4.69) is 4.74 Å². The van der Waals surface area contributed by atoms with Gasteiger partial charge in [-0.1, -0.05) is 18.2 Å². The number of rotatable bonds is 24. The van der Waals surface area contributed by atoms with E-state index in [4.69, 9.17) is 4.74 Å². The molecule has 73 heavy (non-hydrogen) atoms. The molecule has 5 rings (SSSR count). The van der Waals surface area contributed by atoms with E-state index in [1.807, 2.05) is 0 Å². The number of hydrogen-bond acceptors (Lipinski definition) is 19. The maximum absolute atomic E-state index is 14.5. The van der Waals surface area contributed by atoms with Crippen molar-refractivity contribution in [2.24, 2.45) is 0 Å². The Kier molecular flexibility index (Phi) is 18.2. The first-order valence-corrected chi connectivity index (χ1v) is 29.1. The summed E-state index contributed by atoms with van der Waals surface area (Å²) in [5.74, 6) is -15.0. The van der Waals surface area contributed by atoms with Crippen LogP contribution in [0.3, 0.4) is 0 Å². The third-order valence-corrected chi connectivity index (χ3v) is 16.4. The zero-order valence-corrected chi connectivity index (χ0v) is 42.9. The van der Waals surface area contributed by atoms with Gasteiger partial charge in [-0.3, -0.25) is 4.79 Å². The highest BCUT2D eigenvalue weighted by atomic mass is 32.2. The average molecular weight is 1130 g/mol. The van der Waals surface area contributed by atoms with Gasteiger partial charge in [-0.2, -0.15) is 13.4 Å². The highest BCUT2D eigenvalue weighted by Crippen LogP contribution is 2.51. The van der Waals surface area contributed by atoms with Crippen molar-refractivity contribution in [1.29, 1.82) is 0 Å². The second kappa shape index (κ2) is 22.5. The van der Waals surface area contributed by atoms with Crippen LogP contribution >= 0.6 is 0 Å². The molecule has 0 amide bonds. The number of hydrogen-bond donors (Lipinski definition) is 0. The number of unbranched alkanes of at least 4 members (excludes halogenated alkanes) is 2. The summed E-state index contributed by atoms with van der Waals surface area (Å²) in [6.07, 6.45) is 6.89. The highest BCUT2D eigenvalue weighted by Gasteiger charge is 2.48. The first kappa shape index (κ1) is 58.9. The van der Waals surface area contributed by atoms with E-state index in [1.54, 1.807) is 41.6 Å². The second-order valence-corrected chi connectivity index (χ2v) is 24.4. The summed E-state index contributed by atoms with van der Waals surface area (Å²) in [6.45, 7) is 3.67. The molecule has 0 N–H and O–H groups in total. The van der Waals surface area contributed by atoms with Crippen LogP contribution in [0.2, 0.25) is 0 Å². The quantitative estimate of drug-likeness (QED) is 0.0173. The van der Waals surface area contributed by atoms with Crippen LogP contribution in [0, 0.1) is 23.3 Å². The number of benzene rings is 3. The molecule has 0 bridgehead atoms. The summed E-state index contributed by atoms with van der Waals surface area (Å²) >= 11 is 0. The van der Waals surface area contributed by atoms with Crippen molar-refractivity contribution in [2.75, 3.05) is 43.2 Å². The Bertz CT molecular complexity index is 3350. The lowest BCUT2D eigenvalue weighted by molar-refractivity contribution is -0.438. The standard InChI is InChI=1S/C44H50F4N2O18S5/c1-43(19-10-24-69(52,53)54)30-26-28(71(58,59)60)15-17-32(30)49(21-9-5-8-14-36(51)68-41-37(45)39(47)42(73(64,65)66)40(48)38(41)46)34(43)12-6-4-7-13-35-44(2,20-11-25-70(55,56)57)31-27-29(72(61,62)63)16-18-33(31)50(35)22-23-67-3/h4,6-7,12-13,15-18,26-27H,5,8-11,14,19-25H2,1-3H3,(H4-,52,53,54,55,56,57,58,59,60,61,62,63,64,65,66)/p-4. The van der Waals surface area contributed by atoms with Crippen molar-refractivity contribution in [1.82, 2.24) is 0 Å². The number of carbonyl (C=O) groups excluding carboxylic acids is 1. The van der Waals surface area contributed by atoms with Crippen molar-refractivity contribution in [2.45, 2.75) is 90.7 Å². The molecule has 2 aliphatic heterocycles. The van der Waals surface area contributed by atoms with Crippen molar-refractivity contribution in [3.8, 4) is 5.75 Å². The summed E-state index contributed by atoms with van der Waals surface area (Å²) < 4.78 is 245. The van der Waals surface area contributed by atoms with Gasteiger partial charge in [0.1, 0.15) is 41.8 Å². The van der Waals surface area contributed by atoms with E-state index in [0.29, 0.717) is 28.3 Å². The lowest BCUT2D eigenvalue weighted by atomic mass is 9.76. The van der Waals surface area contributed by atoms with Gasteiger partial charge >= 0.3 is 5.97 Å². The molecule has 0 spiro atoms. The fourth-order valence-electron chi connectivity index (χ4n) is 8.91. The largest absolute Gasteiger partial charge is 0.748 e. The predicted molar refractivity (Wildman–Crippen MR) is 245 cm³/mol. The molecule has 402 valence electrons. The number of halogens is 4. The van der Waals surface area contributed by atoms with E-state index in [1.165, 1.54) is 37.5 Å². The molecule has 0 saturated carbocycles. The fourth-order valence-corrected chi connectivity index (χ4v) is 11.5. The Morgan fingerprint density at radius 1 is 0.671 bits per heavy atom. The molecule has 0 fully saturated rings. The number of fused-ring (bicyclic) bond motifs is 2. The molecule has 0 saturated heterocycles. The maximum Gasteiger partial charge on any atom is 0.311 e. The molecule has 29 heteroatoms. The Morgan fingerprint density at radius 2 is 1.22 bits per heavy atom. The minimum absolute atomic E-state index is 0.00369. The van der Waals surface area contributed by atoms with Crippen LogP contribution in [0.1, 0.15) is 76.3 Å². The van der Waals surface area contributed by atoms with Crippen LogP contribution in [0.4, 0.5) is 28.9 Å². The van der Waals surface area contributed by atoms with Gasteiger partial charge in [0.2, 0.25) is 23.1 Å².